The minimum atomic E-state index is -0.341. The highest BCUT2D eigenvalue weighted by atomic mass is 16.5. The van der Waals surface area contributed by atoms with Gasteiger partial charge < -0.3 is 9.64 Å². The molecule has 6 heteroatoms. The Labute approximate surface area is 174 Å². The lowest BCUT2D eigenvalue weighted by Crippen LogP contribution is -2.23. The number of aromatic nitrogens is 3. The third-order valence-corrected chi connectivity index (χ3v) is 5.40. The molecule has 0 saturated carbocycles. The fourth-order valence-electron chi connectivity index (χ4n) is 3.82. The second-order valence-electron chi connectivity index (χ2n) is 7.44. The van der Waals surface area contributed by atoms with Crippen molar-refractivity contribution in [2.75, 3.05) is 18.0 Å². The van der Waals surface area contributed by atoms with Crippen molar-refractivity contribution in [1.82, 2.24) is 14.8 Å². The maximum absolute atomic E-state index is 13.0. The highest BCUT2D eigenvalue weighted by Gasteiger charge is 2.23. The van der Waals surface area contributed by atoms with Crippen LogP contribution in [0.2, 0.25) is 0 Å². The van der Waals surface area contributed by atoms with Crippen molar-refractivity contribution in [1.29, 1.82) is 0 Å². The summed E-state index contributed by atoms with van der Waals surface area (Å²) in [5, 5.41) is 5.16. The van der Waals surface area contributed by atoms with Gasteiger partial charge in [-0.15, -0.1) is 0 Å². The molecule has 0 atom stereocenters. The number of rotatable bonds is 5. The highest BCUT2D eigenvalue weighted by molar-refractivity contribution is 5.99. The zero-order valence-corrected chi connectivity index (χ0v) is 16.6. The maximum atomic E-state index is 13.0. The van der Waals surface area contributed by atoms with E-state index in [-0.39, 0.29) is 12.6 Å². The smallest absolute Gasteiger partial charge is 0.342 e. The van der Waals surface area contributed by atoms with Crippen LogP contribution in [0.15, 0.2) is 73.1 Å². The van der Waals surface area contributed by atoms with Crippen LogP contribution in [0.3, 0.4) is 0 Å². The lowest BCUT2D eigenvalue weighted by Gasteiger charge is -2.20. The Balaban J connectivity index is 1.37. The second-order valence-corrected chi connectivity index (χ2v) is 7.44. The largest absolute Gasteiger partial charge is 0.457 e. The molecule has 1 fully saturated rings. The molecule has 0 N–H and O–H groups in total. The summed E-state index contributed by atoms with van der Waals surface area (Å²) in [4.78, 5) is 20.0. The van der Waals surface area contributed by atoms with E-state index < -0.39 is 0 Å². The quantitative estimate of drug-likeness (QED) is 0.467. The molecule has 150 valence electrons. The molecule has 0 bridgehead atoms. The van der Waals surface area contributed by atoms with E-state index in [2.05, 4.69) is 10.00 Å². The molecule has 6 nitrogen and oxygen atoms in total. The molecule has 2 aromatic heterocycles. The molecule has 1 aliphatic heterocycles. The first-order valence-electron chi connectivity index (χ1n) is 10.2. The third-order valence-electron chi connectivity index (χ3n) is 5.40. The van der Waals surface area contributed by atoms with Gasteiger partial charge >= 0.3 is 5.97 Å². The Morgan fingerprint density at radius 1 is 1.00 bits per heavy atom. The Morgan fingerprint density at radius 3 is 2.57 bits per heavy atom. The fourth-order valence-corrected chi connectivity index (χ4v) is 3.82. The summed E-state index contributed by atoms with van der Waals surface area (Å²) >= 11 is 0. The number of anilines is 1. The minimum absolute atomic E-state index is 0.213. The van der Waals surface area contributed by atoms with E-state index >= 15 is 0 Å². The topological polar surface area (TPSA) is 60.3 Å². The lowest BCUT2D eigenvalue weighted by molar-refractivity contribution is 0.0473. The third kappa shape index (κ3) is 3.64. The number of nitrogens with zero attached hydrogens (tertiary/aromatic N) is 4. The average molecular weight is 398 g/mol. The van der Waals surface area contributed by atoms with E-state index in [4.69, 9.17) is 9.72 Å². The first-order valence-corrected chi connectivity index (χ1v) is 10.2. The van der Waals surface area contributed by atoms with Gasteiger partial charge in [0.1, 0.15) is 18.0 Å². The van der Waals surface area contributed by atoms with Crippen molar-refractivity contribution in [3.63, 3.8) is 0 Å². The van der Waals surface area contributed by atoms with Crippen LogP contribution in [-0.4, -0.2) is 33.8 Å². The van der Waals surface area contributed by atoms with Gasteiger partial charge in [-0.2, -0.15) is 5.10 Å². The Morgan fingerprint density at radius 2 is 1.80 bits per heavy atom. The molecule has 0 radical (unpaired) electrons. The minimum Gasteiger partial charge on any atom is -0.457 e. The van der Waals surface area contributed by atoms with Gasteiger partial charge in [0.25, 0.3) is 0 Å². The number of esters is 1. The molecule has 3 heterocycles. The number of fused-ring (bicyclic) bond motifs is 1. The molecule has 5 rings (SSSR count). The summed E-state index contributed by atoms with van der Waals surface area (Å²) in [6.07, 6.45) is 5.87. The van der Waals surface area contributed by atoms with Crippen LogP contribution in [0.5, 0.6) is 0 Å². The molecule has 2 aromatic carbocycles. The molecule has 0 unspecified atom stereocenters. The standard InChI is InChI=1S/C24H22N4O2/c29-24(30-17-18-8-10-20(11-9-18)28-15-5-12-25-28)21-16-19-6-1-2-7-22(19)26-23(21)27-13-3-4-14-27/h1-2,5-12,15-16H,3-4,13-14,17H2. The number of carbonyl (C=O) groups is 1. The lowest BCUT2D eigenvalue weighted by atomic mass is 10.1. The molecule has 0 aliphatic carbocycles. The van der Waals surface area contributed by atoms with Gasteiger partial charge in [0, 0.05) is 30.9 Å². The zero-order valence-electron chi connectivity index (χ0n) is 16.6. The number of ether oxygens (including phenoxy) is 1. The van der Waals surface area contributed by atoms with Crippen molar-refractivity contribution in [2.45, 2.75) is 19.4 Å². The van der Waals surface area contributed by atoms with Crippen LogP contribution >= 0.6 is 0 Å². The van der Waals surface area contributed by atoms with Crippen molar-refractivity contribution in [2.24, 2.45) is 0 Å². The highest BCUT2D eigenvalue weighted by Crippen LogP contribution is 2.27. The molecular formula is C24H22N4O2. The van der Waals surface area contributed by atoms with Crippen LogP contribution < -0.4 is 4.90 Å². The second kappa shape index (κ2) is 7.99. The SMILES string of the molecule is O=C(OCc1ccc(-n2cccn2)cc1)c1cc2ccccc2nc1N1CCCC1. The van der Waals surface area contributed by atoms with Crippen LogP contribution in [0.4, 0.5) is 5.82 Å². The van der Waals surface area contributed by atoms with E-state index in [1.54, 1.807) is 10.9 Å². The summed E-state index contributed by atoms with van der Waals surface area (Å²) in [6.45, 7) is 2.05. The number of carbonyl (C=O) groups excluding carboxylic acids is 1. The zero-order chi connectivity index (χ0) is 20.3. The van der Waals surface area contributed by atoms with Gasteiger partial charge in [0.15, 0.2) is 0 Å². The Bertz CT molecular complexity index is 1160. The van der Waals surface area contributed by atoms with Crippen molar-refractivity contribution in [3.8, 4) is 5.69 Å². The van der Waals surface area contributed by atoms with Crippen LogP contribution in [0.1, 0.15) is 28.8 Å². The normalized spacial score (nSPS) is 13.7. The van der Waals surface area contributed by atoms with Gasteiger partial charge in [-0.05, 0) is 48.7 Å². The average Bonchev–Trinajstić information content (AvgIpc) is 3.51. The summed E-state index contributed by atoms with van der Waals surface area (Å²) in [5.41, 5.74) is 3.31. The van der Waals surface area contributed by atoms with E-state index in [0.717, 1.165) is 53.9 Å². The summed E-state index contributed by atoms with van der Waals surface area (Å²) in [7, 11) is 0. The molecule has 0 spiro atoms. The monoisotopic (exact) mass is 398 g/mol. The first-order chi connectivity index (χ1) is 14.8. The van der Waals surface area contributed by atoms with Gasteiger partial charge in [0.2, 0.25) is 0 Å². The van der Waals surface area contributed by atoms with Crippen LogP contribution in [0.25, 0.3) is 16.6 Å². The number of hydrogen-bond donors (Lipinski definition) is 0. The molecule has 1 aliphatic rings. The van der Waals surface area contributed by atoms with E-state index in [1.807, 2.05) is 66.9 Å². The number of benzene rings is 2. The molecular weight excluding hydrogens is 376 g/mol. The predicted octanol–water partition coefficient (Wildman–Crippen LogP) is 4.38. The van der Waals surface area contributed by atoms with Crippen molar-refractivity contribution >= 4 is 22.7 Å². The molecule has 4 aromatic rings. The number of hydrogen-bond acceptors (Lipinski definition) is 5. The first kappa shape index (κ1) is 18.4. The predicted molar refractivity (Wildman–Crippen MR) is 116 cm³/mol. The van der Waals surface area contributed by atoms with Crippen LogP contribution in [-0.2, 0) is 11.3 Å². The van der Waals surface area contributed by atoms with E-state index in [9.17, 15) is 4.79 Å². The number of para-hydroxylation sites is 1. The Kier molecular flexibility index (Phi) is 4.89. The molecule has 0 amide bonds. The van der Waals surface area contributed by atoms with Crippen LogP contribution in [0, 0.1) is 0 Å². The van der Waals surface area contributed by atoms with Gasteiger partial charge in [0.05, 0.1) is 11.2 Å². The molecule has 30 heavy (non-hydrogen) atoms. The fraction of sp³-hybridized carbons (Fsp3) is 0.208. The van der Waals surface area contributed by atoms with E-state index in [0.29, 0.717) is 5.56 Å². The van der Waals surface area contributed by atoms with Gasteiger partial charge in [-0.25, -0.2) is 14.5 Å². The summed E-state index contributed by atoms with van der Waals surface area (Å²) in [6, 6.07) is 19.5. The van der Waals surface area contributed by atoms with Gasteiger partial charge in [-0.3, -0.25) is 0 Å². The Hall–Kier alpha value is -3.67. The van der Waals surface area contributed by atoms with Crippen molar-refractivity contribution in [3.05, 3.63) is 84.2 Å². The van der Waals surface area contributed by atoms with E-state index in [1.165, 1.54) is 0 Å². The summed E-state index contributed by atoms with van der Waals surface area (Å²) < 4.78 is 7.46. The van der Waals surface area contributed by atoms with Crippen molar-refractivity contribution < 1.29 is 9.53 Å². The number of pyridine rings is 1. The maximum Gasteiger partial charge on any atom is 0.342 e. The van der Waals surface area contributed by atoms with Gasteiger partial charge in [-0.1, -0.05) is 30.3 Å². The summed E-state index contributed by atoms with van der Waals surface area (Å²) in [5.74, 6) is 0.386. The molecule has 1 saturated heterocycles.